The molecule has 0 atom stereocenters. The Labute approximate surface area is 100 Å². The first-order chi connectivity index (χ1) is 7.66. The molecule has 0 amide bonds. The molecule has 0 aliphatic carbocycles. The third-order valence-electron chi connectivity index (χ3n) is 2.67. The smallest absolute Gasteiger partial charge is 0.0519 e. The topological polar surface area (TPSA) is 29.3 Å². The lowest BCUT2D eigenvalue weighted by Crippen LogP contribution is -2.15. The van der Waals surface area contributed by atoms with Crippen LogP contribution >= 0.6 is 11.3 Å². The van der Waals surface area contributed by atoms with Gasteiger partial charge in [0, 0.05) is 23.3 Å². The predicted octanol–water partition coefficient (Wildman–Crippen LogP) is 3.28. The molecule has 1 aromatic heterocycles. The summed E-state index contributed by atoms with van der Waals surface area (Å²) < 4.78 is 0. The van der Waals surface area contributed by atoms with Crippen LogP contribution in [0.5, 0.6) is 0 Å². The van der Waals surface area contributed by atoms with Crippen LogP contribution in [0.1, 0.15) is 10.4 Å². The molecule has 2 aromatic rings. The van der Waals surface area contributed by atoms with E-state index < -0.39 is 0 Å². The Morgan fingerprint density at radius 1 is 1.31 bits per heavy atom. The van der Waals surface area contributed by atoms with Gasteiger partial charge < -0.3 is 10.6 Å². The predicted molar refractivity (Wildman–Crippen MR) is 72.0 cm³/mol. The second kappa shape index (κ2) is 4.58. The van der Waals surface area contributed by atoms with Gasteiger partial charge in [0.05, 0.1) is 6.54 Å². The van der Waals surface area contributed by atoms with Gasteiger partial charge >= 0.3 is 0 Å². The highest BCUT2D eigenvalue weighted by atomic mass is 32.1. The Hall–Kier alpha value is -1.48. The Balaban J connectivity index is 2.14. The molecule has 0 spiro atoms. The zero-order valence-corrected chi connectivity index (χ0v) is 10.4. The molecule has 3 heteroatoms. The van der Waals surface area contributed by atoms with Crippen molar-refractivity contribution >= 4 is 22.7 Å². The van der Waals surface area contributed by atoms with Crippen LogP contribution in [-0.2, 0) is 6.54 Å². The highest BCUT2D eigenvalue weighted by Crippen LogP contribution is 2.22. The highest BCUT2D eigenvalue weighted by Gasteiger charge is 2.04. The summed E-state index contributed by atoms with van der Waals surface area (Å²) in [5.41, 5.74) is 9.01. The number of aryl methyl sites for hydroxylation is 1. The molecule has 0 fully saturated rings. The molecular weight excluding hydrogens is 216 g/mol. The molecule has 1 heterocycles. The number of hydrogen-bond acceptors (Lipinski definition) is 3. The number of nitrogens with two attached hydrogens (primary N) is 1. The van der Waals surface area contributed by atoms with E-state index in [0.29, 0.717) is 0 Å². The average Bonchev–Trinajstić information content (AvgIpc) is 2.74. The second-order valence-electron chi connectivity index (χ2n) is 3.98. The van der Waals surface area contributed by atoms with Crippen LogP contribution in [0.3, 0.4) is 0 Å². The average molecular weight is 232 g/mol. The summed E-state index contributed by atoms with van der Waals surface area (Å²) in [6, 6.07) is 10.4. The molecule has 0 radical (unpaired) electrons. The number of nitrogens with zero attached hydrogens (tertiary/aromatic N) is 1. The Kier molecular flexibility index (Phi) is 3.15. The van der Waals surface area contributed by atoms with Gasteiger partial charge in [0.25, 0.3) is 0 Å². The molecular formula is C13H16N2S. The Morgan fingerprint density at radius 3 is 2.75 bits per heavy atom. The van der Waals surface area contributed by atoms with E-state index in [1.54, 1.807) is 11.3 Å². The van der Waals surface area contributed by atoms with Gasteiger partial charge in [-0.1, -0.05) is 6.07 Å². The van der Waals surface area contributed by atoms with Crippen LogP contribution in [0.25, 0.3) is 0 Å². The fraction of sp³-hybridized carbons (Fsp3) is 0.231. The van der Waals surface area contributed by atoms with Gasteiger partial charge in [0.2, 0.25) is 0 Å². The van der Waals surface area contributed by atoms with Gasteiger partial charge in [-0.05, 0) is 42.1 Å². The van der Waals surface area contributed by atoms with Gasteiger partial charge in [0.1, 0.15) is 0 Å². The van der Waals surface area contributed by atoms with E-state index in [1.807, 2.05) is 13.0 Å². The molecule has 0 aliphatic rings. The SMILES string of the molecule is Cc1cc(N(C)Cc2cccs2)ccc1N. The summed E-state index contributed by atoms with van der Waals surface area (Å²) in [4.78, 5) is 3.61. The number of hydrogen-bond donors (Lipinski definition) is 1. The molecule has 0 unspecified atom stereocenters. The maximum atomic E-state index is 5.81. The van der Waals surface area contributed by atoms with Gasteiger partial charge in [-0.25, -0.2) is 0 Å². The van der Waals surface area contributed by atoms with E-state index in [1.165, 1.54) is 10.6 Å². The summed E-state index contributed by atoms with van der Waals surface area (Å²) in [5.74, 6) is 0. The third-order valence-corrected chi connectivity index (χ3v) is 3.53. The lowest BCUT2D eigenvalue weighted by atomic mass is 10.1. The van der Waals surface area contributed by atoms with Crippen molar-refractivity contribution in [1.29, 1.82) is 0 Å². The number of benzene rings is 1. The quantitative estimate of drug-likeness (QED) is 0.823. The van der Waals surface area contributed by atoms with E-state index in [9.17, 15) is 0 Å². The van der Waals surface area contributed by atoms with E-state index >= 15 is 0 Å². The molecule has 2 rings (SSSR count). The molecule has 1 aromatic carbocycles. The van der Waals surface area contributed by atoms with Crippen molar-refractivity contribution in [2.45, 2.75) is 13.5 Å². The van der Waals surface area contributed by atoms with E-state index in [-0.39, 0.29) is 0 Å². The molecule has 0 bridgehead atoms. The monoisotopic (exact) mass is 232 g/mol. The zero-order chi connectivity index (χ0) is 11.5. The maximum absolute atomic E-state index is 5.81. The standard InChI is InChI=1S/C13H16N2S/c1-10-8-11(5-6-13(10)14)15(2)9-12-4-3-7-16-12/h3-8H,9,14H2,1-2H3. The van der Waals surface area contributed by atoms with E-state index in [0.717, 1.165) is 17.8 Å². The molecule has 84 valence electrons. The van der Waals surface area contributed by atoms with Crippen molar-refractivity contribution in [3.8, 4) is 0 Å². The number of nitrogen functional groups attached to an aromatic ring is 1. The van der Waals surface area contributed by atoms with Crippen LogP contribution in [0.15, 0.2) is 35.7 Å². The molecule has 2 nitrogen and oxygen atoms in total. The summed E-state index contributed by atoms with van der Waals surface area (Å²) in [7, 11) is 2.10. The summed E-state index contributed by atoms with van der Waals surface area (Å²) >= 11 is 1.79. The van der Waals surface area contributed by atoms with Crippen molar-refractivity contribution in [2.75, 3.05) is 17.7 Å². The summed E-state index contributed by atoms with van der Waals surface area (Å²) in [5, 5.41) is 2.11. The number of rotatable bonds is 3. The van der Waals surface area contributed by atoms with Crippen LogP contribution in [-0.4, -0.2) is 7.05 Å². The lowest BCUT2D eigenvalue weighted by molar-refractivity contribution is 0.939. The molecule has 0 saturated heterocycles. The van der Waals surface area contributed by atoms with Crippen molar-refractivity contribution in [2.24, 2.45) is 0 Å². The first-order valence-corrected chi connectivity index (χ1v) is 6.14. The van der Waals surface area contributed by atoms with Crippen LogP contribution < -0.4 is 10.6 Å². The zero-order valence-electron chi connectivity index (χ0n) is 9.60. The van der Waals surface area contributed by atoms with Crippen LogP contribution in [0.2, 0.25) is 0 Å². The minimum atomic E-state index is 0.855. The third kappa shape index (κ3) is 2.36. The van der Waals surface area contributed by atoms with Crippen molar-refractivity contribution in [1.82, 2.24) is 0 Å². The van der Waals surface area contributed by atoms with Crippen molar-refractivity contribution in [3.05, 3.63) is 46.2 Å². The molecule has 16 heavy (non-hydrogen) atoms. The Morgan fingerprint density at radius 2 is 2.12 bits per heavy atom. The molecule has 0 aliphatic heterocycles. The summed E-state index contributed by atoms with van der Waals surface area (Å²) in [6.45, 7) is 2.98. The largest absolute Gasteiger partial charge is 0.399 e. The highest BCUT2D eigenvalue weighted by molar-refractivity contribution is 7.09. The Bertz CT molecular complexity index is 463. The van der Waals surface area contributed by atoms with E-state index in [4.69, 9.17) is 5.73 Å². The molecule has 0 saturated carbocycles. The lowest BCUT2D eigenvalue weighted by Gasteiger charge is -2.19. The number of anilines is 2. The first-order valence-electron chi connectivity index (χ1n) is 5.26. The van der Waals surface area contributed by atoms with Gasteiger partial charge in [-0.2, -0.15) is 0 Å². The van der Waals surface area contributed by atoms with Crippen LogP contribution in [0, 0.1) is 6.92 Å². The van der Waals surface area contributed by atoms with Crippen molar-refractivity contribution in [3.63, 3.8) is 0 Å². The molecule has 2 N–H and O–H groups in total. The van der Waals surface area contributed by atoms with Gasteiger partial charge in [-0.15, -0.1) is 11.3 Å². The fourth-order valence-corrected chi connectivity index (χ4v) is 2.38. The fourth-order valence-electron chi connectivity index (χ4n) is 1.62. The summed E-state index contributed by atoms with van der Waals surface area (Å²) in [6.07, 6.45) is 0. The van der Waals surface area contributed by atoms with Crippen LogP contribution in [0.4, 0.5) is 11.4 Å². The van der Waals surface area contributed by atoms with Gasteiger partial charge in [-0.3, -0.25) is 0 Å². The minimum absolute atomic E-state index is 0.855. The minimum Gasteiger partial charge on any atom is -0.399 e. The van der Waals surface area contributed by atoms with E-state index in [2.05, 4.69) is 41.6 Å². The second-order valence-corrected chi connectivity index (χ2v) is 5.01. The van der Waals surface area contributed by atoms with Crippen molar-refractivity contribution < 1.29 is 0 Å². The normalized spacial score (nSPS) is 10.4. The first kappa shape index (κ1) is 11.0. The van der Waals surface area contributed by atoms with Gasteiger partial charge in [0.15, 0.2) is 0 Å². The maximum Gasteiger partial charge on any atom is 0.0519 e. The number of thiophene rings is 1.